The van der Waals surface area contributed by atoms with Crippen LogP contribution in [0, 0.1) is 0 Å². The van der Waals surface area contributed by atoms with Crippen molar-refractivity contribution >= 4 is 29.0 Å². The van der Waals surface area contributed by atoms with Gasteiger partial charge in [-0.05, 0) is 31.0 Å². The van der Waals surface area contributed by atoms with Gasteiger partial charge in [-0.3, -0.25) is 0 Å². The van der Waals surface area contributed by atoms with Crippen molar-refractivity contribution in [2.75, 3.05) is 11.9 Å². The van der Waals surface area contributed by atoms with Gasteiger partial charge in [-0.2, -0.15) is 5.10 Å². The van der Waals surface area contributed by atoms with Crippen LogP contribution in [0.2, 0.25) is 10.0 Å². The summed E-state index contributed by atoms with van der Waals surface area (Å²) in [6, 6.07) is 5.50. The standard InChI is InChI=1S/C14H15Cl2N3/c1-2-3-12-10-6-7-17-14(10)19(18-12)13-5-4-9(15)8-11(13)16/h4-5,8,17H,2-3,6-7H2,1H3. The summed E-state index contributed by atoms with van der Waals surface area (Å²) >= 11 is 12.2. The number of benzene rings is 1. The molecule has 3 nitrogen and oxygen atoms in total. The second kappa shape index (κ2) is 5.06. The molecular weight excluding hydrogens is 281 g/mol. The smallest absolute Gasteiger partial charge is 0.133 e. The zero-order valence-electron chi connectivity index (χ0n) is 10.7. The van der Waals surface area contributed by atoms with Crippen molar-refractivity contribution in [3.05, 3.63) is 39.5 Å². The van der Waals surface area contributed by atoms with Crippen LogP contribution in [0.5, 0.6) is 0 Å². The molecule has 0 unspecified atom stereocenters. The van der Waals surface area contributed by atoms with Crippen LogP contribution in [-0.2, 0) is 12.8 Å². The fourth-order valence-corrected chi connectivity index (χ4v) is 3.00. The van der Waals surface area contributed by atoms with Crippen LogP contribution in [-0.4, -0.2) is 16.3 Å². The number of aromatic nitrogens is 2. The third-order valence-electron chi connectivity index (χ3n) is 3.36. The fraction of sp³-hybridized carbons (Fsp3) is 0.357. The minimum atomic E-state index is 0.620. The van der Waals surface area contributed by atoms with Crippen molar-refractivity contribution in [2.45, 2.75) is 26.2 Å². The summed E-state index contributed by atoms with van der Waals surface area (Å²) < 4.78 is 1.91. The highest BCUT2D eigenvalue weighted by atomic mass is 35.5. The van der Waals surface area contributed by atoms with Crippen LogP contribution in [0.4, 0.5) is 5.82 Å². The van der Waals surface area contributed by atoms with Crippen molar-refractivity contribution in [1.82, 2.24) is 9.78 Å². The first kappa shape index (κ1) is 12.8. The quantitative estimate of drug-likeness (QED) is 0.924. The van der Waals surface area contributed by atoms with E-state index in [1.165, 1.54) is 11.3 Å². The molecule has 2 aromatic rings. The third kappa shape index (κ3) is 2.21. The van der Waals surface area contributed by atoms with Crippen LogP contribution < -0.4 is 5.32 Å². The molecule has 0 spiro atoms. The number of anilines is 1. The number of nitrogens with zero attached hydrogens (tertiary/aromatic N) is 2. The number of halogens is 2. The molecule has 1 aliphatic rings. The first-order valence-corrected chi connectivity index (χ1v) is 7.26. The molecule has 0 saturated carbocycles. The average molecular weight is 296 g/mol. The summed E-state index contributed by atoms with van der Waals surface area (Å²) in [4.78, 5) is 0. The first-order valence-electron chi connectivity index (χ1n) is 6.50. The maximum atomic E-state index is 6.28. The van der Waals surface area contributed by atoms with Crippen molar-refractivity contribution in [3.63, 3.8) is 0 Å². The van der Waals surface area contributed by atoms with E-state index in [0.717, 1.165) is 37.3 Å². The summed E-state index contributed by atoms with van der Waals surface area (Å²) in [5.74, 6) is 1.08. The molecule has 0 atom stereocenters. The Morgan fingerprint density at radius 3 is 2.95 bits per heavy atom. The normalized spacial score (nSPS) is 13.4. The lowest BCUT2D eigenvalue weighted by atomic mass is 10.1. The molecule has 0 aliphatic carbocycles. The maximum Gasteiger partial charge on any atom is 0.133 e. The summed E-state index contributed by atoms with van der Waals surface area (Å²) in [5, 5.41) is 9.36. The van der Waals surface area contributed by atoms with Crippen LogP contribution in [0.3, 0.4) is 0 Å². The number of hydrogen-bond acceptors (Lipinski definition) is 2. The number of fused-ring (bicyclic) bond motifs is 1. The van der Waals surface area contributed by atoms with Gasteiger partial charge in [0.15, 0.2) is 0 Å². The molecule has 0 saturated heterocycles. The second-order valence-electron chi connectivity index (χ2n) is 4.71. The number of hydrogen-bond donors (Lipinski definition) is 1. The van der Waals surface area contributed by atoms with E-state index < -0.39 is 0 Å². The second-order valence-corrected chi connectivity index (χ2v) is 5.55. The molecule has 1 aromatic carbocycles. The van der Waals surface area contributed by atoms with Crippen LogP contribution in [0.25, 0.3) is 5.69 Å². The van der Waals surface area contributed by atoms with Gasteiger partial charge in [-0.15, -0.1) is 0 Å². The minimum Gasteiger partial charge on any atom is -0.369 e. The van der Waals surface area contributed by atoms with Gasteiger partial charge in [0.05, 0.1) is 16.4 Å². The Hall–Kier alpha value is -1.19. The van der Waals surface area contributed by atoms with Gasteiger partial charge in [0.2, 0.25) is 0 Å². The Balaban J connectivity index is 2.12. The average Bonchev–Trinajstić information content (AvgIpc) is 2.94. The molecule has 0 radical (unpaired) electrons. The van der Waals surface area contributed by atoms with Gasteiger partial charge in [0.25, 0.3) is 0 Å². The summed E-state index contributed by atoms with van der Waals surface area (Å²) in [7, 11) is 0. The summed E-state index contributed by atoms with van der Waals surface area (Å²) in [6.45, 7) is 3.14. The highest BCUT2D eigenvalue weighted by Crippen LogP contribution is 2.32. The Kier molecular flexibility index (Phi) is 3.42. The third-order valence-corrected chi connectivity index (χ3v) is 3.90. The van der Waals surface area contributed by atoms with E-state index in [1.54, 1.807) is 6.07 Å². The van der Waals surface area contributed by atoms with Crippen molar-refractivity contribution in [1.29, 1.82) is 0 Å². The van der Waals surface area contributed by atoms with Crippen molar-refractivity contribution in [2.24, 2.45) is 0 Å². The molecule has 1 aliphatic heterocycles. The maximum absolute atomic E-state index is 6.28. The number of rotatable bonds is 3. The Morgan fingerprint density at radius 1 is 1.37 bits per heavy atom. The first-order chi connectivity index (χ1) is 9.20. The van der Waals surface area contributed by atoms with Gasteiger partial charge in [0.1, 0.15) is 5.82 Å². The molecule has 100 valence electrons. The predicted octanol–water partition coefficient (Wildman–Crippen LogP) is 4.10. The van der Waals surface area contributed by atoms with Gasteiger partial charge in [-0.1, -0.05) is 36.5 Å². The molecule has 0 amide bonds. The molecule has 1 aromatic heterocycles. The van der Waals surface area contributed by atoms with E-state index >= 15 is 0 Å². The van der Waals surface area contributed by atoms with Crippen LogP contribution in [0.1, 0.15) is 24.6 Å². The van der Waals surface area contributed by atoms with Gasteiger partial charge in [0, 0.05) is 17.1 Å². The molecule has 3 rings (SSSR count). The van der Waals surface area contributed by atoms with Gasteiger partial charge in [-0.25, -0.2) is 4.68 Å². The summed E-state index contributed by atoms with van der Waals surface area (Å²) in [6.07, 6.45) is 3.13. The van der Waals surface area contributed by atoms with E-state index in [2.05, 4.69) is 12.2 Å². The largest absolute Gasteiger partial charge is 0.369 e. The molecule has 5 heteroatoms. The SMILES string of the molecule is CCCc1nn(-c2ccc(Cl)cc2Cl)c2c1CCN2. The Labute approximate surface area is 122 Å². The zero-order valence-corrected chi connectivity index (χ0v) is 12.2. The van der Waals surface area contributed by atoms with Crippen molar-refractivity contribution in [3.8, 4) is 5.69 Å². The lowest BCUT2D eigenvalue weighted by Gasteiger charge is -2.08. The Bertz CT molecular complexity index is 619. The molecular formula is C14H15Cl2N3. The highest BCUT2D eigenvalue weighted by Gasteiger charge is 2.23. The minimum absolute atomic E-state index is 0.620. The monoisotopic (exact) mass is 295 g/mol. The lowest BCUT2D eigenvalue weighted by molar-refractivity contribution is 0.796. The van der Waals surface area contributed by atoms with Crippen LogP contribution >= 0.6 is 23.2 Å². The topological polar surface area (TPSA) is 29.9 Å². The molecule has 19 heavy (non-hydrogen) atoms. The molecule has 0 fully saturated rings. The number of nitrogens with one attached hydrogen (secondary N) is 1. The van der Waals surface area contributed by atoms with Crippen LogP contribution in [0.15, 0.2) is 18.2 Å². The van der Waals surface area contributed by atoms with E-state index in [1.807, 2.05) is 16.8 Å². The van der Waals surface area contributed by atoms with E-state index in [9.17, 15) is 0 Å². The lowest BCUT2D eigenvalue weighted by Crippen LogP contribution is -2.05. The van der Waals surface area contributed by atoms with E-state index in [4.69, 9.17) is 28.3 Å². The van der Waals surface area contributed by atoms with Crippen molar-refractivity contribution < 1.29 is 0 Å². The predicted molar refractivity (Wildman–Crippen MR) is 79.8 cm³/mol. The van der Waals surface area contributed by atoms with E-state index in [-0.39, 0.29) is 0 Å². The Morgan fingerprint density at radius 2 is 2.21 bits per heavy atom. The molecule has 2 heterocycles. The molecule has 0 bridgehead atoms. The van der Waals surface area contributed by atoms with E-state index in [0.29, 0.717) is 10.0 Å². The zero-order chi connectivity index (χ0) is 13.4. The molecule has 1 N–H and O–H groups in total. The number of aryl methyl sites for hydroxylation is 1. The van der Waals surface area contributed by atoms with Gasteiger partial charge < -0.3 is 5.32 Å². The summed E-state index contributed by atoms with van der Waals surface area (Å²) in [5.41, 5.74) is 3.38. The fourth-order valence-electron chi connectivity index (χ4n) is 2.51. The van der Waals surface area contributed by atoms with Gasteiger partial charge >= 0.3 is 0 Å². The highest BCUT2D eigenvalue weighted by molar-refractivity contribution is 6.35.